The molecule has 0 radical (unpaired) electrons. The van der Waals surface area contributed by atoms with Gasteiger partial charge < -0.3 is 20.3 Å². The van der Waals surface area contributed by atoms with E-state index in [0.29, 0.717) is 12.4 Å². The van der Waals surface area contributed by atoms with E-state index in [-0.39, 0.29) is 17.5 Å². The molecule has 0 bridgehead atoms. The van der Waals surface area contributed by atoms with Crippen molar-refractivity contribution in [2.24, 2.45) is 4.99 Å². The van der Waals surface area contributed by atoms with Gasteiger partial charge in [0.1, 0.15) is 11.6 Å². The fourth-order valence-electron chi connectivity index (χ4n) is 2.86. The van der Waals surface area contributed by atoms with Gasteiger partial charge in [0, 0.05) is 57.9 Å². The molecule has 0 saturated heterocycles. The highest BCUT2D eigenvalue weighted by Crippen LogP contribution is 2.42. The molecule has 140 valence electrons. The molecular formula is C18H28F2N4O. The molecule has 1 aliphatic carbocycles. The molecule has 2 atom stereocenters. The standard InChI is InChI=1S/C18H28F2N4O/c1-21-18(22-8-10-24(2)9-5-11-25-3)23-16-12-13(16)17-14(19)6-4-7-15(17)20/h4,6-7,13,16H,5,8-12H2,1-3H3,(H2,21,22,23). The number of hydrogen-bond acceptors (Lipinski definition) is 3. The average Bonchev–Trinajstić information content (AvgIpc) is 3.32. The van der Waals surface area contributed by atoms with E-state index in [1.165, 1.54) is 18.2 Å². The summed E-state index contributed by atoms with van der Waals surface area (Å²) >= 11 is 0. The molecule has 2 N–H and O–H groups in total. The summed E-state index contributed by atoms with van der Waals surface area (Å²) in [5.41, 5.74) is 0.174. The Morgan fingerprint density at radius 3 is 2.68 bits per heavy atom. The number of hydrogen-bond donors (Lipinski definition) is 2. The zero-order valence-electron chi connectivity index (χ0n) is 15.2. The van der Waals surface area contributed by atoms with Gasteiger partial charge in [0.15, 0.2) is 5.96 Å². The number of likely N-dealkylation sites (N-methyl/N-ethyl adjacent to an activating group) is 1. The molecule has 1 aromatic rings. The third kappa shape index (κ3) is 5.93. The summed E-state index contributed by atoms with van der Waals surface area (Å²) < 4.78 is 32.7. The van der Waals surface area contributed by atoms with Crippen molar-refractivity contribution < 1.29 is 13.5 Å². The van der Waals surface area contributed by atoms with Gasteiger partial charge in [0.2, 0.25) is 0 Å². The van der Waals surface area contributed by atoms with Gasteiger partial charge in [-0.1, -0.05) is 6.07 Å². The molecule has 1 aromatic carbocycles. The lowest BCUT2D eigenvalue weighted by atomic mass is 10.1. The summed E-state index contributed by atoms with van der Waals surface area (Å²) in [4.78, 5) is 6.40. The van der Waals surface area contributed by atoms with E-state index >= 15 is 0 Å². The molecular weight excluding hydrogens is 326 g/mol. The second-order valence-electron chi connectivity index (χ2n) is 6.38. The lowest BCUT2D eigenvalue weighted by Crippen LogP contribution is -2.42. The van der Waals surface area contributed by atoms with Crippen molar-refractivity contribution in [3.05, 3.63) is 35.4 Å². The molecule has 2 unspecified atom stereocenters. The highest BCUT2D eigenvalue weighted by Gasteiger charge is 2.42. The van der Waals surface area contributed by atoms with Crippen LogP contribution in [-0.4, -0.2) is 64.3 Å². The maximum atomic E-state index is 13.8. The topological polar surface area (TPSA) is 48.9 Å². The van der Waals surface area contributed by atoms with E-state index in [1.807, 2.05) is 0 Å². The number of halogens is 2. The molecule has 1 fully saturated rings. The first kappa shape index (κ1) is 19.6. The number of aliphatic imine (C=N–C) groups is 1. The SMILES string of the molecule is CN=C(NCCN(C)CCCOC)NC1CC1c1c(F)cccc1F. The average molecular weight is 354 g/mol. The largest absolute Gasteiger partial charge is 0.385 e. The third-order valence-corrected chi connectivity index (χ3v) is 4.38. The van der Waals surface area contributed by atoms with E-state index in [2.05, 4.69) is 27.6 Å². The minimum absolute atomic E-state index is 0.0111. The predicted octanol–water partition coefficient (Wildman–Crippen LogP) is 1.95. The Hall–Kier alpha value is -1.73. The second kappa shape index (κ2) is 9.68. The lowest BCUT2D eigenvalue weighted by Gasteiger charge is -2.18. The highest BCUT2D eigenvalue weighted by atomic mass is 19.1. The molecule has 25 heavy (non-hydrogen) atoms. The van der Waals surface area contributed by atoms with E-state index < -0.39 is 11.6 Å². The van der Waals surface area contributed by atoms with Crippen LogP contribution in [-0.2, 0) is 4.74 Å². The van der Waals surface area contributed by atoms with E-state index in [0.717, 1.165) is 32.7 Å². The number of ether oxygens (including phenoxy) is 1. The maximum Gasteiger partial charge on any atom is 0.191 e. The molecule has 1 aliphatic rings. The molecule has 0 aliphatic heterocycles. The Balaban J connectivity index is 1.73. The summed E-state index contributed by atoms with van der Waals surface area (Å²) in [6.45, 7) is 3.35. The Kier molecular flexibility index (Phi) is 7.58. The zero-order chi connectivity index (χ0) is 18.2. The van der Waals surface area contributed by atoms with Gasteiger partial charge in [-0.2, -0.15) is 0 Å². The smallest absolute Gasteiger partial charge is 0.191 e. The molecule has 7 heteroatoms. The minimum atomic E-state index is -0.477. The van der Waals surface area contributed by atoms with Crippen LogP contribution in [0.25, 0.3) is 0 Å². The van der Waals surface area contributed by atoms with Gasteiger partial charge in [0.05, 0.1) is 0 Å². The summed E-state index contributed by atoms with van der Waals surface area (Å²) in [6.07, 6.45) is 1.70. The number of nitrogens with zero attached hydrogens (tertiary/aromatic N) is 2. The van der Waals surface area contributed by atoms with Crippen LogP contribution in [0.15, 0.2) is 23.2 Å². The normalized spacial score (nSPS) is 20.0. The van der Waals surface area contributed by atoms with Crippen LogP contribution in [0.3, 0.4) is 0 Å². The van der Waals surface area contributed by atoms with Crippen molar-refractivity contribution in [1.82, 2.24) is 15.5 Å². The van der Waals surface area contributed by atoms with Crippen molar-refractivity contribution in [3.63, 3.8) is 0 Å². The highest BCUT2D eigenvalue weighted by molar-refractivity contribution is 5.80. The fraction of sp³-hybridized carbons (Fsp3) is 0.611. The minimum Gasteiger partial charge on any atom is -0.385 e. The fourth-order valence-corrected chi connectivity index (χ4v) is 2.86. The van der Waals surface area contributed by atoms with Crippen LogP contribution in [0.5, 0.6) is 0 Å². The summed E-state index contributed by atoms with van der Waals surface area (Å²) in [5.74, 6) is -0.434. The van der Waals surface area contributed by atoms with E-state index in [9.17, 15) is 8.78 Å². The van der Waals surface area contributed by atoms with Crippen LogP contribution in [0.1, 0.15) is 24.3 Å². The third-order valence-electron chi connectivity index (χ3n) is 4.38. The molecule has 5 nitrogen and oxygen atoms in total. The van der Waals surface area contributed by atoms with E-state index in [1.54, 1.807) is 14.2 Å². The van der Waals surface area contributed by atoms with Crippen LogP contribution in [0.4, 0.5) is 8.78 Å². The number of methoxy groups -OCH3 is 1. The van der Waals surface area contributed by atoms with Crippen LogP contribution >= 0.6 is 0 Å². The van der Waals surface area contributed by atoms with Gasteiger partial charge in [-0.3, -0.25) is 4.99 Å². The summed E-state index contributed by atoms with van der Waals surface area (Å²) in [5, 5.41) is 6.48. The monoisotopic (exact) mass is 354 g/mol. The molecule has 0 spiro atoms. The van der Waals surface area contributed by atoms with Crippen molar-refractivity contribution >= 4 is 5.96 Å². The summed E-state index contributed by atoms with van der Waals surface area (Å²) in [7, 11) is 5.46. The number of rotatable bonds is 9. The van der Waals surface area contributed by atoms with E-state index in [4.69, 9.17) is 4.74 Å². The lowest BCUT2D eigenvalue weighted by molar-refractivity contribution is 0.180. The van der Waals surface area contributed by atoms with Crippen LogP contribution in [0, 0.1) is 11.6 Å². The Bertz CT molecular complexity index is 562. The molecule has 0 aromatic heterocycles. The quantitative estimate of drug-likeness (QED) is 0.404. The van der Waals surface area contributed by atoms with Crippen molar-refractivity contribution in [2.45, 2.75) is 24.8 Å². The molecule has 0 heterocycles. The number of benzene rings is 1. The van der Waals surface area contributed by atoms with Crippen molar-refractivity contribution in [2.75, 3.05) is 47.4 Å². The van der Waals surface area contributed by atoms with Crippen LogP contribution in [0.2, 0.25) is 0 Å². The van der Waals surface area contributed by atoms with Gasteiger partial charge in [-0.05, 0) is 32.0 Å². The zero-order valence-corrected chi connectivity index (χ0v) is 15.2. The second-order valence-corrected chi connectivity index (χ2v) is 6.38. The number of guanidine groups is 1. The Morgan fingerprint density at radius 1 is 1.32 bits per heavy atom. The van der Waals surface area contributed by atoms with Gasteiger partial charge in [-0.25, -0.2) is 8.78 Å². The van der Waals surface area contributed by atoms with Crippen LogP contribution < -0.4 is 10.6 Å². The Labute approximate surface area is 148 Å². The van der Waals surface area contributed by atoms with Gasteiger partial charge in [-0.15, -0.1) is 0 Å². The first-order chi connectivity index (χ1) is 12.1. The molecule has 2 rings (SSSR count). The van der Waals surface area contributed by atoms with Crippen molar-refractivity contribution in [3.8, 4) is 0 Å². The van der Waals surface area contributed by atoms with Gasteiger partial charge in [0.25, 0.3) is 0 Å². The summed E-state index contributed by atoms with van der Waals surface area (Å²) in [6, 6.07) is 4.01. The first-order valence-corrected chi connectivity index (χ1v) is 8.65. The maximum absolute atomic E-state index is 13.8. The number of nitrogens with one attached hydrogen (secondary N) is 2. The first-order valence-electron chi connectivity index (χ1n) is 8.65. The molecule has 1 saturated carbocycles. The predicted molar refractivity (Wildman–Crippen MR) is 96.0 cm³/mol. The Morgan fingerprint density at radius 2 is 2.04 bits per heavy atom. The van der Waals surface area contributed by atoms with Crippen molar-refractivity contribution in [1.29, 1.82) is 0 Å². The van der Waals surface area contributed by atoms with Gasteiger partial charge >= 0.3 is 0 Å². The molecule has 0 amide bonds.